The Hall–Kier alpha value is -2.93. The lowest BCUT2D eigenvalue weighted by Gasteiger charge is -2.26. The van der Waals surface area contributed by atoms with E-state index in [1.165, 1.54) is 12.1 Å². The van der Waals surface area contributed by atoms with Crippen LogP contribution in [0.2, 0.25) is 0 Å². The molecule has 0 bridgehead atoms. The van der Waals surface area contributed by atoms with Crippen molar-refractivity contribution in [3.8, 4) is 5.75 Å². The largest absolute Gasteiger partial charge is 0.507 e. The first kappa shape index (κ1) is 23.3. The standard InChI is InChI=1S/C23H29N3O3S/c1-22(2,3)16-11-15(19(27)18(12-16)23(4,5)6)13-24-26-21(30)25-17-9-7-14(8-10-17)20(28)29/h7-13,27H,1-6H3,(H,28,29)(H2,25,26,30)/b24-13+. The lowest BCUT2D eigenvalue weighted by molar-refractivity contribution is 0.0697. The van der Waals surface area contributed by atoms with Crippen molar-refractivity contribution >= 4 is 35.2 Å². The molecule has 7 heteroatoms. The smallest absolute Gasteiger partial charge is 0.335 e. The zero-order chi connectivity index (χ0) is 22.7. The summed E-state index contributed by atoms with van der Waals surface area (Å²) in [6.07, 6.45) is 1.54. The van der Waals surface area contributed by atoms with Gasteiger partial charge in [0.25, 0.3) is 0 Å². The number of phenols is 1. The maximum Gasteiger partial charge on any atom is 0.335 e. The summed E-state index contributed by atoms with van der Waals surface area (Å²) < 4.78 is 0. The van der Waals surface area contributed by atoms with Crippen molar-refractivity contribution in [3.63, 3.8) is 0 Å². The van der Waals surface area contributed by atoms with Crippen LogP contribution < -0.4 is 10.7 Å². The number of benzene rings is 2. The molecule has 0 aromatic heterocycles. The number of rotatable bonds is 4. The van der Waals surface area contributed by atoms with Crippen LogP contribution in [0.1, 0.15) is 68.6 Å². The monoisotopic (exact) mass is 427 g/mol. The maximum absolute atomic E-state index is 10.9. The summed E-state index contributed by atoms with van der Waals surface area (Å²) in [7, 11) is 0. The average Bonchev–Trinajstić information content (AvgIpc) is 2.61. The molecule has 0 atom stereocenters. The molecule has 6 nitrogen and oxygen atoms in total. The lowest BCUT2D eigenvalue weighted by atomic mass is 9.79. The Kier molecular flexibility index (Phi) is 6.87. The van der Waals surface area contributed by atoms with Gasteiger partial charge in [0.15, 0.2) is 5.11 Å². The highest BCUT2D eigenvalue weighted by Gasteiger charge is 2.24. The number of carbonyl (C=O) groups is 1. The van der Waals surface area contributed by atoms with Gasteiger partial charge in [0.1, 0.15) is 5.75 Å². The van der Waals surface area contributed by atoms with E-state index in [0.717, 1.165) is 11.1 Å². The topological polar surface area (TPSA) is 94.0 Å². The SMILES string of the molecule is CC(C)(C)c1cc(/C=N/NC(=S)Nc2ccc(C(=O)O)cc2)c(O)c(C(C)(C)C)c1. The summed E-state index contributed by atoms with van der Waals surface area (Å²) in [5.41, 5.74) is 5.82. The van der Waals surface area contributed by atoms with Crippen molar-refractivity contribution in [1.82, 2.24) is 5.43 Å². The van der Waals surface area contributed by atoms with Crippen LogP contribution in [0.25, 0.3) is 0 Å². The lowest BCUT2D eigenvalue weighted by Crippen LogP contribution is -2.24. The Balaban J connectivity index is 2.18. The molecule has 160 valence electrons. The third-order valence-corrected chi connectivity index (χ3v) is 4.77. The molecule has 0 heterocycles. The van der Waals surface area contributed by atoms with Crippen LogP contribution in [-0.2, 0) is 10.8 Å². The van der Waals surface area contributed by atoms with Gasteiger partial charge in [-0.05, 0) is 58.9 Å². The molecule has 0 fully saturated rings. The highest BCUT2D eigenvalue weighted by Crippen LogP contribution is 2.37. The fraction of sp³-hybridized carbons (Fsp3) is 0.348. The molecule has 0 spiro atoms. The van der Waals surface area contributed by atoms with Gasteiger partial charge < -0.3 is 15.5 Å². The van der Waals surface area contributed by atoms with Gasteiger partial charge in [-0.2, -0.15) is 5.10 Å². The molecule has 0 aliphatic rings. The number of hydrogen-bond donors (Lipinski definition) is 4. The normalized spacial score (nSPS) is 12.1. The minimum atomic E-state index is -0.987. The van der Waals surface area contributed by atoms with E-state index in [9.17, 15) is 9.90 Å². The van der Waals surface area contributed by atoms with Gasteiger partial charge in [-0.3, -0.25) is 5.43 Å². The Bertz CT molecular complexity index is 969. The number of aromatic hydroxyl groups is 1. The first-order valence-corrected chi connectivity index (χ1v) is 10.0. The van der Waals surface area contributed by atoms with E-state index in [0.29, 0.717) is 11.3 Å². The van der Waals surface area contributed by atoms with E-state index in [2.05, 4.69) is 57.4 Å². The molecule has 2 rings (SSSR count). The van der Waals surface area contributed by atoms with E-state index >= 15 is 0 Å². The van der Waals surface area contributed by atoms with E-state index < -0.39 is 5.97 Å². The number of anilines is 1. The minimum Gasteiger partial charge on any atom is -0.507 e. The number of nitrogens with one attached hydrogen (secondary N) is 2. The van der Waals surface area contributed by atoms with Crippen LogP contribution in [0.4, 0.5) is 5.69 Å². The highest BCUT2D eigenvalue weighted by molar-refractivity contribution is 7.80. The average molecular weight is 428 g/mol. The van der Waals surface area contributed by atoms with Crippen molar-refractivity contribution in [2.45, 2.75) is 52.4 Å². The molecular weight excluding hydrogens is 398 g/mol. The molecule has 2 aromatic rings. The molecule has 0 radical (unpaired) electrons. The number of phenolic OH excluding ortho intramolecular Hbond substituents is 1. The number of hydrogen-bond acceptors (Lipinski definition) is 4. The second kappa shape index (κ2) is 8.83. The molecule has 0 unspecified atom stereocenters. The van der Waals surface area contributed by atoms with Gasteiger partial charge in [-0.25, -0.2) is 4.79 Å². The minimum absolute atomic E-state index is 0.0807. The van der Waals surface area contributed by atoms with E-state index in [4.69, 9.17) is 17.3 Å². The Morgan fingerprint density at radius 2 is 1.63 bits per heavy atom. The number of hydrazone groups is 1. The molecule has 0 aliphatic heterocycles. The molecule has 0 amide bonds. The third kappa shape index (κ3) is 6.03. The zero-order valence-corrected chi connectivity index (χ0v) is 19.0. The number of nitrogens with zero attached hydrogens (tertiary/aromatic N) is 1. The van der Waals surface area contributed by atoms with E-state index in [-0.39, 0.29) is 27.3 Å². The summed E-state index contributed by atoms with van der Waals surface area (Å²) in [6.45, 7) is 12.5. The van der Waals surface area contributed by atoms with Gasteiger partial charge in [-0.1, -0.05) is 47.6 Å². The quantitative estimate of drug-likeness (QED) is 0.311. The maximum atomic E-state index is 10.9. The van der Waals surface area contributed by atoms with Crippen molar-refractivity contribution in [2.24, 2.45) is 5.10 Å². The molecular formula is C23H29N3O3S. The Labute approximate surface area is 183 Å². The second-order valence-corrected chi connectivity index (χ2v) is 9.58. The summed E-state index contributed by atoms with van der Waals surface area (Å²) >= 11 is 5.22. The van der Waals surface area contributed by atoms with Crippen LogP contribution in [0.15, 0.2) is 41.5 Å². The molecule has 2 aromatic carbocycles. The van der Waals surface area contributed by atoms with Gasteiger partial charge in [0.2, 0.25) is 0 Å². The van der Waals surface area contributed by atoms with Crippen LogP contribution in [0.3, 0.4) is 0 Å². The number of carboxylic acids is 1. The van der Waals surface area contributed by atoms with E-state index in [1.54, 1.807) is 18.3 Å². The van der Waals surface area contributed by atoms with Crippen molar-refractivity contribution < 1.29 is 15.0 Å². The van der Waals surface area contributed by atoms with Crippen LogP contribution in [0, 0.1) is 0 Å². The fourth-order valence-corrected chi connectivity index (χ4v) is 2.95. The summed E-state index contributed by atoms with van der Waals surface area (Å²) in [4.78, 5) is 10.9. The van der Waals surface area contributed by atoms with Crippen LogP contribution in [0.5, 0.6) is 5.75 Å². The van der Waals surface area contributed by atoms with Crippen molar-refractivity contribution in [1.29, 1.82) is 0 Å². The third-order valence-electron chi connectivity index (χ3n) is 4.57. The van der Waals surface area contributed by atoms with Gasteiger partial charge in [0.05, 0.1) is 11.8 Å². The molecule has 0 saturated carbocycles. The van der Waals surface area contributed by atoms with Crippen molar-refractivity contribution in [2.75, 3.05) is 5.32 Å². The zero-order valence-electron chi connectivity index (χ0n) is 18.2. The van der Waals surface area contributed by atoms with Crippen molar-refractivity contribution in [3.05, 3.63) is 58.7 Å². The molecule has 4 N–H and O–H groups in total. The van der Waals surface area contributed by atoms with Crippen LogP contribution in [-0.4, -0.2) is 27.5 Å². The van der Waals surface area contributed by atoms with Crippen LogP contribution >= 0.6 is 12.2 Å². The number of carboxylic acid groups (broad SMARTS) is 1. The Morgan fingerprint density at radius 1 is 1.03 bits per heavy atom. The highest BCUT2D eigenvalue weighted by atomic mass is 32.1. The van der Waals surface area contributed by atoms with Gasteiger partial charge in [-0.15, -0.1) is 0 Å². The molecule has 30 heavy (non-hydrogen) atoms. The number of thiocarbonyl (C=S) groups is 1. The second-order valence-electron chi connectivity index (χ2n) is 9.17. The number of aromatic carboxylic acids is 1. The van der Waals surface area contributed by atoms with E-state index in [1.807, 2.05) is 12.1 Å². The summed E-state index contributed by atoms with van der Waals surface area (Å²) in [6, 6.07) is 10.2. The summed E-state index contributed by atoms with van der Waals surface area (Å²) in [5.74, 6) is -0.789. The predicted octanol–water partition coefficient (Wildman–Crippen LogP) is 5.01. The fourth-order valence-electron chi connectivity index (χ4n) is 2.78. The molecule has 0 aliphatic carbocycles. The summed E-state index contributed by atoms with van der Waals surface area (Å²) in [5, 5.41) is 27.1. The first-order chi connectivity index (χ1) is 13.8. The first-order valence-electron chi connectivity index (χ1n) is 9.60. The Morgan fingerprint density at radius 3 is 2.13 bits per heavy atom. The van der Waals surface area contributed by atoms with Gasteiger partial charge in [0, 0.05) is 16.8 Å². The molecule has 0 saturated heterocycles. The predicted molar refractivity (Wildman–Crippen MR) is 126 cm³/mol. The van der Waals surface area contributed by atoms with Gasteiger partial charge >= 0.3 is 5.97 Å².